The van der Waals surface area contributed by atoms with E-state index >= 15 is 0 Å². The average Bonchev–Trinajstić information content (AvgIpc) is 2.41. The first-order chi connectivity index (χ1) is 8.74. The van der Waals surface area contributed by atoms with Gasteiger partial charge in [-0.15, -0.1) is 0 Å². The van der Waals surface area contributed by atoms with Crippen LogP contribution in [0.2, 0.25) is 0 Å². The fourth-order valence-electron chi connectivity index (χ4n) is 1.53. The Balaban J connectivity index is 2.37. The molecule has 1 aromatic heterocycles. The summed E-state index contributed by atoms with van der Waals surface area (Å²) in [5.41, 5.74) is 0.932. The summed E-state index contributed by atoms with van der Waals surface area (Å²) < 4.78 is 5.33. The Morgan fingerprint density at radius 1 is 1.39 bits per heavy atom. The van der Waals surface area contributed by atoms with E-state index in [0.29, 0.717) is 12.3 Å². The highest BCUT2D eigenvalue weighted by Gasteiger charge is 2.04. The molecule has 1 aromatic carbocycles. The van der Waals surface area contributed by atoms with Gasteiger partial charge in [0.2, 0.25) is 0 Å². The van der Waals surface area contributed by atoms with Crippen LogP contribution in [-0.4, -0.2) is 16.8 Å². The summed E-state index contributed by atoms with van der Waals surface area (Å²) in [6.07, 6.45) is 0. The first-order valence-electron chi connectivity index (χ1n) is 5.47. The molecule has 0 aliphatic heterocycles. The van der Waals surface area contributed by atoms with Gasteiger partial charge in [-0.2, -0.15) is 10.4 Å². The van der Waals surface area contributed by atoms with Crippen LogP contribution in [0.1, 0.15) is 12.5 Å². The Morgan fingerprint density at radius 3 is 2.72 bits per heavy atom. The normalized spacial score (nSPS) is 9.78. The molecule has 0 aliphatic carbocycles. The Hall–Kier alpha value is -2.61. The molecule has 0 spiro atoms. The van der Waals surface area contributed by atoms with Gasteiger partial charge in [0.05, 0.1) is 12.3 Å². The van der Waals surface area contributed by atoms with Crippen LogP contribution in [0.25, 0.3) is 11.3 Å². The van der Waals surface area contributed by atoms with Gasteiger partial charge in [0.25, 0.3) is 5.56 Å². The van der Waals surface area contributed by atoms with Gasteiger partial charge in [-0.3, -0.25) is 4.79 Å². The maximum absolute atomic E-state index is 11.2. The lowest BCUT2D eigenvalue weighted by Crippen LogP contribution is -2.11. The average molecular weight is 241 g/mol. The van der Waals surface area contributed by atoms with Gasteiger partial charge in [-0.05, 0) is 37.3 Å². The van der Waals surface area contributed by atoms with Crippen LogP contribution in [0, 0.1) is 11.3 Å². The zero-order valence-corrected chi connectivity index (χ0v) is 9.80. The van der Waals surface area contributed by atoms with Crippen LogP contribution in [0.15, 0.2) is 35.1 Å². The Morgan fingerprint density at radius 2 is 2.11 bits per heavy atom. The minimum atomic E-state index is -0.479. The molecule has 18 heavy (non-hydrogen) atoms. The van der Waals surface area contributed by atoms with Crippen molar-refractivity contribution in [2.75, 3.05) is 6.61 Å². The molecule has 1 N–H and O–H groups in total. The number of aromatic nitrogens is 2. The first-order valence-corrected chi connectivity index (χ1v) is 5.47. The molecular formula is C13H11N3O2. The highest BCUT2D eigenvalue weighted by atomic mass is 16.5. The summed E-state index contributed by atoms with van der Waals surface area (Å²) in [6.45, 7) is 2.52. The van der Waals surface area contributed by atoms with E-state index in [0.717, 1.165) is 11.3 Å². The predicted octanol–water partition coefficient (Wildman–Crippen LogP) is 1.71. The van der Waals surface area contributed by atoms with Crippen molar-refractivity contribution < 1.29 is 4.74 Å². The van der Waals surface area contributed by atoms with Crippen molar-refractivity contribution in [2.45, 2.75) is 6.92 Å². The van der Waals surface area contributed by atoms with Crippen LogP contribution >= 0.6 is 0 Å². The van der Waals surface area contributed by atoms with Crippen LogP contribution in [0.5, 0.6) is 5.75 Å². The van der Waals surface area contributed by atoms with E-state index in [1.165, 1.54) is 6.07 Å². The molecule has 0 unspecified atom stereocenters. The fourth-order valence-corrected chi connectivity index (χ4v) is 1.53. The molecule has 5 heteroatoms. The van der Waals surface area contributed by atoms with Crippen molar-refractivity contribution in [2.24, 2.45) is 0 Å². The lowest BCUT2D eigenvalue weighted by Gasteiger charge is -2.04. The van der Waals surface area contributed by atoms with Crippen molar-refractivity contribution in [1.29, 1.82) is 5.26 Å². The number of nitriles is 1. The van der Waals surface area contributed by atoms with Crippen molar-refractivity contribution in [1.82, 2.24) is 10.2 Å². The van der Waals surface area contributed by atoms with E-state index in [2.05, 4.69) is 10.2 Å². The SMILES string of the molecule is CCOc1ccc(-c2cc(C#N)c(=O)[nH]n2)cc1. The highest BCUT2D eigenvalue weighted by Crippen LogP contribution is 2.20. The number of H-pyrrole nitrogens is 1. The number of aromatic amines is 1. The lowest BCUT2D eigenvalue weighted by atomic mass is 10.1. The van der Waals surface area contributed by atoms with Crippen LogP contribution in [0.3, 0.4) is 0 Å². The number of nitrogens with zero attached hydrogens (tertiary/aromatic N) is 2. The third-order valence-corrected chi connectivity index (χ3v) is 2.39. The third kappa shape index (κ3) is 2.38. The minimum Gasteiger partial charge on any atom is -0.494 e. The number of rotatable bonds is 3. The van der Waals surface area contributed by atoms with Crippen LogP contribution in [-0.2, 0) is 0 Å². The zero-order valence-electron chi connectivity index (χ0n) is 9.80. The molecule has 0 radical (unpaired) electrons. The summed E-state index contributed by atoms with van der Waals surface area (Å²) in [4.78, 5) is 11.2. The topological polar surface area (TPSA) is 78.8 Å². The van der Waals surface area contributed by atoms with E-state index < -0.39 is 5.56 Å². The molecule has 0 saturated heterocycles. The fraction of sp³-hybridized carbons (Fsp3) is 0.154. The molecule has 0 fully saturated rings. The summed E-state index contributed by atoms with van der Waals surface area (Å²) in [7, 11) is 0. The predicted molar refractivity (Wildman–Crippen MR) is 66.2 cm³/mol. The van der Waals surface area contributed by atoms with Crippen LogP contribution < -0.4 is 10.3 Å². The third-order valence-electron chi connectivity index (χ3n) is 2.39. The summed E-state index contributed by atoms with van der Waals surface area (Å²) in [6, 6.07) is 10.6. The van der Waals surface area contributed by atoms with Gasteiger partial charge in [-0.1, -0.05) is 0 Å². The second kappa shape index (κ2) is 5.15. The molecule has 5 nitrogen and oxygen atoms in total. The quantitative estimate of drug-likeness (QED) is 0.887. The largest absolute Gasteiger partial charge is 0.494 e. The Bertz CT molecular complexity index is 639. The van der Waals surface area contributed by atoms with E-state index in [1.807, 2.05) is 37.3 Å². The summed E-state index contributed by atoms with van der Waals surface area (Å²) in [5.74, 6) is 0.770. The number of hydrogen-bond acceptors (Lipinski definition) is 4. The second-order valence-electron chi connectivity index (χ2n) is 3.57. The van der Waals surface area contributed by atoms with Crippen molar-refractivity contribution >= 4 is 0 Å². The molecule has 2 aromatic rings. The smallest absolute Gasteiger partial charge is 0.282 e. The Labute approximate surface area is 104 Å². The van der Waals surface area contributed by atoms with E-state index in [9.17, 15) is 4.79 Å². The van der Waals surface area contributed by atoms with Crippen LogP contribution in [0.4, 0.5) is 0 Å². The van der Waals surface area contributed by atoms with E-state index in [1.54, 1.807) is 0 Å². The number of hydrogen-bond donors (Lipinski definition) is 1. The Kier molecular flexibility index (Phi) is 3.39. The van der Waals surface area contributed by atoms with Gasteiger partial charge in [0, 0.05) is 5.56 Å². The molecule has 1 heterocycles. The molecule has 0 atom stereocenters. The van der Waals surface area contributed by atoms with Gasteiger partial charge in [0.15, 0.2) is 0 Å². The maximum atomic E-state index is 11.2. The van der Waals surface area contributed by atoms with Crippen molar-refractivity contribution in [3.63, 3.8) is 0 Å². The maximum Gasteiger partial charge on any atom is 0.282 e. The molecule has 0 aliphatic rings. The number of benzene rings is 1. The summed E-state index contributed by atoms with van der Waals surface area (Å²) in [5, 5.41) is 15.0. The van der Waals surface area contributed by atoms with Gasteiger partial charge in [-0.25, -0.2) is 5.10 Å². The van der Waals surface area contributed by atoms with E-state index in [4.69, 9.17) is 10.00 Å². The second-order valence-corrected chi connectivity index (χ2v) is 3.57. The molecule has 0 saturated carbocycles. The van der Waals surface area contributed by atoms with E-state index in [-0.39, 0.29) is 5.56 Å². The molecule has 90 valence electrons. The lowest BCUT2D eigenvalue weighted by molar-refractivity contribution is 0.340. The standard InChI is InChI=1S/C13H11N3O2/c1-2-18-11-5-3-9(4-6-11)12-7-10(8-14)13(17)16-15-12/h3-7H,2H2,1H3,(H,16,17). The molecular weight excluding hydrogens is 230 g/mol. The first kappa shape index (κ1) is 11.9. The summed E-state index contributed by atoms with van der Waals surface area (Å²) >= 11 is 0. The van der Waals surface area contributed by atoms with Gasteiger partial charge < -0.3 is 4.74 Å². The van der Waals surface area contributed by atoms with Crippen molar-refractivity contribution in [3.8, 4) is 23.1 Å². The number of nitrogens with one attached hydrogen (secondary N) is 1. The molecule has 0 amide bonds. The minimum absolute atomic E-state index is 0.0499. The highest BCUT2D eigenvalue weighted by molar-refractivity contribution is 5.60. The van der Waals surface area contributed by atoms with Crippen molar-refractivity contribution in [3.05, 3.63) is 46.2 Å². The van der Waals surface area contributed by atoms with Gasteiger partial charge in [0.1, 0.15) is 17.4 Å². The molecule has 0 bridgehead atoms. The zero-order chi connectivity index (χ0) is 13.0. The monoisotopic (exact) mass is 241 g/mol. The molecule has 2 rings (SSSR count). The number of ether oxygens (including phenoxy) is 1. The van der Waals surface area contributed by atoms with Gasteiger partial charge >= 0.3 is 0 Å².